The van der Waals surface area contributed by atoms with Gasteiger partial charge in [-0.05, 0) is 140 Å². The highest BCUT2D eigenvalue weighted by Gasteiger charge is 2.35. The van der Waals surface area contributed by atoms with E-state index in [2.05, 4.69) is 123 Å². The van der Waals surface area contributed by atoms with Crippen molar-refractivity contribution in [2.45, 2.75) is 19.3 Å². The summed E-state index contributed by atoms with van der Waals surface area (Å²) in [6.07, 6.45) is 0. The van der Waals surface area contributed by atoms with Crippen molar-refractivity contribution in [2.75, 3.05) is 0 Å². The van der Waals surface area contributed by atoms with Gasteiger partial charge in [0.15, 0.2) is 11.2 Å². The topological polar surface area (TPSA) is 52.1 Å². The summed E-state index contributed by atoms with van der Waals surface area (Å²) in [5.41, 5.74) is 19.4. The molecule has 0 spiro atoms. The Morgan fingerprint density at radius 3 is 1.32 bits per heavy atom. The normalized spacial score (nSPS) is 12.9. The first-order valence-electron chi connectivity index (χ1n) is 19.4. The van der Waals surface area contributed by atoms with Gasteiger partial charge in [-0.1, -0.05) is 123 Å². The molecule has 270 valence electrons. The molecule has 4 heteroatoms. The molecule has 0 amide bonds. The molecule has 0 unspecified atom stereocenters. The molecular weight excluding hydrogens is 697 g/mol. The van der Waals surface area contributed by atoms with E-state index in [1.807, 2.05) is 72.8 Å². The van der Waals surface area contributed by atoms with E-state index in [0.29, 0.717) is 11.8 Å². The van der Waals surface area contributed by atoms with Crippen molar-refractivity contribution in [3.8, 4) is 78.5 Å². The maximum Gasteiger partial charge on any atom is 0.227 e. The Morgan fingerprint density at radius 1 is 0.333 bits per heavy atom. The van der Waals surface area contributed by atoms with E-state index in [-0.39, 0.29) is 5.41 Å². The first-order valence-corrected chi connectivity index (χ1v) is 19.4. The smallest absolute Gasteiger partial charge is 0.227 e. The van der Waals surface area contributed by atoms with E-state index < -0.39 is 0 Å². The quantitative estimate of drug-likeness (QED) is 0.171. The van der Waals surface area contributed by atoms with Crippen molar-refractivity contribution < 1.29 is 8.83 Å². The zero-order valence-corrected chi connectivity index (χ0v) is 31.5. The van der Waals surface area contributed by atoms with Crippen LogP contribution in [-0.4, -0.2) is 9.97 Å². The average molecular weight is 733 g/mol. The summed E-state index contributed by atoms with van der Waals surface area (Å²) >= 11 is 0. The minimum absolute atomic E-state index is 0.0472. The molecular formula is C53H36N2O2. The third-order valence-corrected chi connectivity index (χ3v) is 11.6. The average Bonchev–Trinajstić information content (AvgIpc) is 3.96. The molecule has 4 nitrogen and oxygen atoms in total. The standard InChI is InChI=1S/C53H36N2O2/c1-53(2)45-16-10-9-15-43(45)44-24-21-37(30-46(44)53)33-17-19-34(20-18-33)40-27-41(38-22-25-47-49(31-38)56-51(54-47)35-11-5-3-6-12-35)29-42(28-40)39-23-26-48-50(32-39)57-52(55-48)36-13-7-4-8-14-36/h3-32H,1-2H3. The zero-order valence-electron chi connectivity index (χ0n) is 31.5. The highest BCUT2D eigenvalue weighted by atomic mass is 16.4. The Hall–Kier alpha value is -7.30. The molecule has 0 saturated carbocycles. The van der Waals surface area contributed by atoms with E-state index in [4.69, 9.17) is 18.8 Å². The lowest BCUT2D eigenvalue weighted by Crippen LogP contribution is -2.14. The largest absolute Gasteiger partial charge is 0.436 e. The van der Waals surface area contributed by atoms with E-state index in [1.165, 1.54) is 33.4 Å². The zero-order chi connectivity index (χ0) is 38.1. The second kappa shape index (κ2) is 12.9. The van der Waals surface area contributed by atoms with E-state index in [9.17, 15) is 0 Å². The van der Waals surface area contributed by atoms with Crippen LogP contribution in [0.1, 0.15) is 25.0 Å². The SMILES string of the molecule is CC1(C)c2ccccc2-c2ccc(-c3ccc(-c4cc(-c5ccc6nc(-c7ccccc7)oc6c5)cc(-c5ccc6nc(-c7ccccc7)oc6c5)c4)cc3)cc21. The van der Waals surface area contributed by atoms with Gasteiger partial charge in [-0.15, -0.1) is 0 Å². The van der Waals surface area contributed by atoms with Gasteiger partial charge in [0.1, 0.15) is 11.0 Å². The Labute approximate surface area is 330 Å². The highest BCUT2D eigenvalue weighted by Crippen LogP contribution is 2.49. The molecule has 0 saturated heterocycles. The lowest BCUT2D eigenvalue weighted by atomic mass is 9.81. The van der Waals surface area contributed by atoms with Crippen molar-refractivity contribution in [1.82, 2.24) is 9.97 Å². The van der Waals surface area contributed by atoms with Gasteiger partial charge in [0.2, 0.25) is 11.8 Å². The summed E-state index contributed by atoms with van der Waals surface area (Å²) in [5.74, 6) is 1.23. The predicted octanol–water partition coefficient (Wildman–Crippen LogP) is 14.3. The molecule has 0 radical (unpaired) electrons. The number of rotatable bonds is 6. The Balaban J connectivity index is 0.997. The predicted molar refractivity (Wildman–Crippen MR) is 232 cm³/mol. The molecule has 11 rings (SSSR count). The van der Waals surface area contributed by atoms with Gasteiger partial charge in [-0.2, -0.15) is 0 Å². The number of fused-ring (bicyclic) bond motifs is 5. The number of hydrogen-bond acceptors (Lipinski definition) is 4. The van der Waals surface area contributed by atoms with Crippen molar-refractivity contribution >= 4 is 22.2 Å². The van der Waals surface area contributed by atoms with Crippen LogP contribution in [0.3, 0.4) is 0 Å². The van der Waals surface area contributed by atoms with Crippen LogP contribution in [0, 0.1) is 0 Å². The van der Waals surface area contributed by atoms with Gasteiger partial charge in [0.05, 0.1) is 0 Å². The van der Waals surface area contributed by atoms with Crippen LogP contribution >= 0.6 is 0 Å². The molecule has 0 N–H and O–H groups in total. The molecule has 57 heavy (non-hydrogen) atoms. The fourth-order valence-corrected chi connectivity index (χ4v) is 8.48. The molecule has 2 aromatic heterocycles. The van der Waals surface area contributed by atoms with Gasteiger partial charge in [-0.25, -0.2) is 9.97 Å². The van der Waals surface area contributed by atoms with Crippen molar-refractivity contribution in [3.05, 3.63) is 193 Å². The summed E-state index contributed by atoms with van der Waals surface area (Å²) in [4.78, 5) is 9.58. The number of nitrogens with zero attached hydrogens (tertiary/aromatic N) is 2. The fourth-order valence-electron chi connectivity index (χ4n) is 8.48. The van der Waals surface area contributed by atoms with E-state index in [1.54, 1.807) is 0 Å². The van der Waals surface area contributed by atoms with Gasteiger partial charge in [0, 0.05) is 16.5 Å². The molecule has 1 aliphatic rings. The summed E-state index contributed by atoms with van der Waals surface area (Å²) in [7, 11) is 0. The molecule has 0 fully saturated rings. The lowest BCUT2D eigenvalue weighted by molar-refractivity contribution is 0.619. The van der Waals surface area contributed by atoms with Crippen molar-refractivity contribution in [3.63, 3.8) is 0 Å². The highest BCUT2D eigenvalue weighted by molar-refractivity contribution is 5.89. The van der Waals surface area contributed by atoms with Crippen LogP contribution < -0.4 is 0 Å². The Bertz CT molecular complexity index is 3000. The molecule has 0 aliphatic heterocycles. The summed E-state index contributed by atoms with van der Waals surface area (Å²) in [6.45, 7) is 4.67. The third-order valence-electron chi connectivity index (χ3n) is 11.6. The number of hydrogen-bond donors (Lipinski definition) is 0. The monoisotopic (exact) mass is 732 g/mol. The van der Waals surface area contributed by atoms with Gasteiger partial charge >= 0.3 is 0 Å². The van der Waals surface area contributed by atoms with E-state index >= 15 is 0 Å². The number of aromatic nitrogens is 2. The summed E-state index contributed by atoms with van der Waals surface area (Å²) in [5, 5.41) is 0. The molecule has 2 heterocycles. The molecule has 8 aromatic carbocycles. The maximum atomic E-state index is 6.32. The number of oxazole rings is 2. The van der Waals surface area contributed by atoms with Crippen LogP contribution in [-0.2, 0) is 5.41 Å². The Kier molecular flexibility index (Phi) is 7.48. The van der Waals surface area contributed by atoms with Crippen LogP contribution in [0.2, 0.25) is 0 Å². The van der Waals surface area contributed by atoms with Crippen molar-refractivity contribution in [1.29, 1.82) is 0 Å². The minimum Gasteiger partial charge on any atom is -0.436 e. The molecule has 10 aromatic rings. The first kappa shape index (κ1) is 33.1. The second-order valence-electron chi connectivity index (χ2n) is 15.4. The summed E-state index contributed by atoms with van der Waals surface area (Å²) in [6, 6.07) is 64.1. The third kappa shape index (κ3) is 5.68. The summed E-state index contributed by atoms with van der Waals surface area (Å²) < 4.78 is 12.6. The van der Waals surface area contributed by atoms with Crippen LogP contribution in [0.15, 0.2) is 191 Å². The fraction of sp³-hybridized carbons (Fsp3) is 0.0566. The van der Waals surface area contributed by atoms with Crippen LogP contribution in [0.25, 0.3) is 101 Å². The van der Waals surface area contributed by atoms with Gasteiger partial charge in [-0.3, -0.25) is 0 Å². The number of benzene rings is 8. The Morgan fingerprint density at radius 2 is 0.754 bits per heavy atom. The lowest BCUT2D eigenvalue weighted by Gasteiger charge is -2.22. The molecule has 0 atom stereocenters. The minimum atomic E-state index is -0.0472. The molecule has 0 bridgehead atoms. The van der Waals surface area contributed by atoms with Gasteiger partial charge in [0.25, 0.3) is 0 Å². The maximum absolute atomic E-state index is 6.32. The first-order chi connectivity index (χ1) is 27.9. The van der Waals surface area contributed by atoms with Crippen LogP contribution in [0.4, 0.5) is 0 Å². The second-order valence-corrected chi connectivity index (χ2v) is 15.4. The van der Waals surface area contributed by atoms with Gasteiger partial charge < -0.3 is 8.83 Å². The van der Waals surface area contributed by atoms with Crippen LogP contribution in [0.5, 0.6) is 0 Å². The molecule has 1 aliphatic carbocycles. The van der Waals surface area contributed by atoms with E-state index in [0.717, 1.165) is 66.7 Å². The van der Waals surface area contributed by atoms with Crippen molar-refractivity contribution in [2.24, 2.45) is 0 Å².